The van der Waals surface area contributed by atoms with E-state index in [1.165, 1.54) is 11.3 Å². The lowest BCUT2D eigenvalue weighted by Crippen LogP contribution is -2.53. The van der Waals surface area contributed by atoms with Gasteiger partial charge in [0.1, 0.15) is 5.41 Å². The van der Waals surface area contributed by atoms with Crippen molar-refractivity contribution in [3.63, 3.8) is 0 Å². The Morgan fingerprint density at radius 2 is 2.04 bits per heavy atom. The van der Waals surface area contributed by atoms with E-state index in [4.69, 9.17) is 4.74 Å². The highest BCUT2D eigenvalue weighted by atomic mass is 16.5. The molecule has 0 N–H and O–H groups in total. The molecule has 4 heteroatoms. The van der Waals surface area contributed by atoms with Crippen molar-refractivity contribution in [1.82, 2.24) is 4.90 Å². The highest BCUT2D eigenvalue weighted by Gasteiger charge is 2.36. The van der Waals surface area contributed by atoms with Gasteiger partial charge in [-0.1, -0.05) is 17.9 Å². The Hall–Kier alpha value is -1.99. The van der Waals surface area contributed by atoms with Gasteiger partial charge in [-0.3, -0.25) is 4.79 Å². The monoisotopic (exact) mass is 354 g/mol. The lowest BCUT2D eigenvalue weighted by atomic mass is 9.90. The van der Waals surface area contributed by atoms with Crippen LogP contribution >= 0.6 is 0 Å². The molecule has 0 unspecified atom stereocenters. The van der Waals surface area contributed by atoms with Crippen molar-refractivity contribution in [2.45, 2.75) is 46.1 Å². The van der Waals surface area contributed by atoms with Gasteiger partial charge < -0.3 is 14.5 Å². The van der Waals surface area contributed by atoms with E-state index in [1.54, 1.807) is 0 Å². The van der Waals surface area contributed by atoms with Crippen LogP contribution in [0.5, 0.6) is 0 Å². The first-order chi connectivity index (χ1) is 12.2. The van der Waals surface area contributed by atoms with Crippen LogP contribution in [0.1, 0.15) is 45.2 Å². The summed E-state index contributed by atoms with van der Waals surface area (Å²) in [5, 5.41) is 0. The van der Waals surface area contributed by atoms with Crippen LogP contribution in [0.25, 0.3) is 0 Å². The van der Waals surface area contributed by atoms with Gasteiger partial charge in [-0.25, -0.2) is 0 Å². The predicted octanol–water partition coefficient (Wildman–Crippen LogP) is 3.08. The second-order valence-corrected chi connectivity index (χ2v) is 8.54. The largest absolute Gasteiger partial charge is 0.374 e. The van der Waals surface area contributed by atoms with E-state index in [9.17, 15) is 4.79 Å². The second kappa shape index (κ2) is 6.96. The van der Waals surface area contributed by atoms with E-state index < -0.39 is 5.41 Å². The summed E-state index contributed by atoms with van der Waals surface area (Å²) in [6.07, 6.45) is 2.20. The molecular formula is C22H30N2O2. The number of hydrogen-bond acceptors (Lipinski definition) is 3. The first kappa shape index (κ1) is 18.8. The summed E-state index contributed by atoms with van der Waals surface area (Å²) in [6, 6.07) is 6.29. The number of ether oxygens (including phenoxy) is 1. The summed E-state index contributed by atoms with van der Waals surface area (Å²) in [5.74, 6) is 6.67. The Labute approximate surface area is 157 Å². The molecular weight excluding hydrogens is 324 g/mol. The van der Waals surface area contributed by atoms with Gasteiger partial charge in [-0.2, -0.15) is 0 Å². The number of anilines is 1. The van der Waals surface area contributed by atoms with Crippen LogP contribution in [0.4, 0.5) is 5.69 Å². The molecule has 0 saturated carbocycles. The predicted molar refractivity (Wildman–Crippen MR) is 105 cm³/mol. The van der Waals surface area contributed by atoms with E-state index in [0.717, 1.165) is 24.9 Å². The SMILES string of the molecule is CN1CCCc2c(C#CC(C)(C)C(=O)N3CCOC(C)(C)C3)cccc21. The van der Waals surface area contributed by atoms with Crippen LogP contribution in [0.3, 0.4) is 0 Å². The highest BCUT2D eigenvalue weighted by Crippen LogP contribution is 2.29. The summed E-state index contributed by atoms with van der Waals surface area (Å²) < 4.78 is 5.73. The van der Waals surface area contributed by atoms with E-state index >= 15 is 0 Å². The highest BCUT2D eigenvalue weighted by molar-refractivity contribution is 5.85. The van der Waals surface area contributed by atoms with Crippen LogP contribution in [-0.2, 0) is 16.0 Å². The Balaban J connectivity index is 1.83. The Kier molecular flexibility index (Phi) is 5.03. The van der Waals surface area contributed by atoms with Gasteiger partial charge in [0.15, 0.2) is 0 Å². The molecule has 26 heavy (non-hydrogen) atoms. The number of nitrogens with zero attached hydrogens (tertiary/aromatic N) is 2. The molecule has 1 saturated heterocycles. The van der Waals surface area contributed by atoms with Crippen LogP contribution in [0.15, 0.2) is 18.2 Å². The van der Waals surface area contributed by atoms with Gasteiger partial charge in [0.2, 0.25) is 5.91 Å². The van der Waals surface area contributed by atoms with Gasteiger partial charge in [0.05, 0.1) is 12.2 Å². The minimum Gasteiger partial charge on any atom is -0.374 e. The molecule has 2 aliphatic rings. The second-order valence-electron chi connectivity index (χ2n) is 8.54. The molecule has 2 heterocycles. The molecule has 1 aromatic carbocycles. The van der Waals surface area contributed by atoms with Gasteiger partial charge in [-0.05, 0) is 58.2 Å². The molecule has 0 aliphatic carbocycles. The Morgan fingerprint density at radius 3 is 2.77 bits per heavy atom. The molecule has 1 fully saturated rings. The third kappa shape index (κ3) is 3.88. The molecule has 0 aromatic heterocycles. The molecule has 1 amide bonds. The van der Waals surface area contributed by atoms with Gasteiger partial charge in [-0.15, -0.1) is 0 Å². The number of fused-ring (bicyclic) bond motifs is 1. The third-order valence-electron chi connectivity index (χ3n) is 5.24. The van der Waals surface area contributed by atoms with Gasteiger partial charge >= 0.3 is 0 Å². The molecule has 0 atom stereocenters. The molecule has 1 aromatic rings. The number of hydrogen-bond donors (Lipinski definition) is 0. The fraction of sp³-hybridized carbons (Fsp3) is 0.591. The first-order valence-electron chi connectivity index (χ1n) is 9.49. The number of rotatable bonds is 1. The number of amides is 1. The maximum absolute atomic E-state index is 13.0. The van der Waals surface area contributed by atoms with Crippen molar-refractivity contribution in [3.8, 4) is 11.8 Å². The van der Waals surface area contributed by atoms with Crippen molar-refractivity contribution >= 4 is 11.6 Å². The zero-order chi connectivity index (χ0) is 18.9. The number of carbonyl (C=O) groups is 1. The van der Waals surface area contributed by atoms with E-state index in [-0.39, 0.29) is 11.5 Å². The fourth-order valence-corrected chi connectivity index (χ4v) is 3.79. The number of morpholine rings is 1. The first-order valence-corrected chi connectivity index (χ1v) is 9.49. The third-order valence-corrected chi connectivity index (χ3v) is 5.24. The summed E-state index contributed by atoms with van der Waals surface area (Å²) in [7, 11) is 2.13. The average molecular weight is 354 g/mol. The van der Waals surface area contributed by atoms with Crippen molar-refractivity contribution in [2.24, 2.45) is 5.41 Å². The fourth-order valence-electron chi connectivity index (χ4n) is 3.79. The molecule has 4 nitrogen and oxygen atoms in total. The van der Waals surface area contributed by atoms with Gasteiger partial charge in [0, 0.05) is 37.9 Å². The van der Waals surface area contributed by atoms with Crippen LogP contribution in [0.2, 0.25) is 0 Å². The maximum atomic E-state index is 13.0. The Bertz CT molecular complexity index is 755. The number of benzene rings is 1. The standard InChI is InChI=1S/C22H30N2O2/c1-21(2,20(25)24-14-15-26-22(3,4)16-24)12-11-17-8-6-10-19-18(17)9-7-13-23(19)5/h6,8,10H,7,9,13-16H2,1-5H3. The zero-order valence-corrected chi connectivity index (χ0v) is 16.7. The molecule has 3 rings (SSSR count). The van der Waals surface area contributed by atoms with Crippen LogP contribution in [-0.4, -0.2) is 49.7 Å². The van der Waals surface area contributed by atoms with E-state index in [1.807, 2.05) is 32.6 Å². The normalized spacial score (nSPS) is 19.4. The van der Waals surface area contributed by atoms with Crippen LogP contribution < -0.4 is 4.90 Å². The molecule has 0 radical (unpaired) electrons. The maximum Gasteiger partial charge on any atom is 0.240 e. The summed E-state index contributed by atoms with van der Waals surface area (Å²) in [4.78, 5) is 17.2. The minimum atomic E-state index is -0.712. The smallest absolute Gasteiger partial charge is 0.240 e. The molecule has 0 spiro atoms. The van der Waals surface area contributed by atoms with E-state index in [2.05, 4.69) is 42.0 Å². The summed E-state index contributed by atoms with van der Waals surface area (Å²) >= 11 is 0. The Morgan fingerprint density at radius 1 is 1.27 bits per heavy atom. The molecule has 2 aliphatic heterocycles. The topological polar surface area (TPSA) is 32.8 Å². The molecule has 140 valence electrons. The molecule has 0 bridgehead atoms. The summed E-state index contributed by atoms with van der Waals surface area (Å²) in [5.41, 5.74) is 2.63. The van der Waals surface area contributed by atoms with Crippen LogP contribution in [0, 0.1) is 17.3 Å². The van der Waals surface area contributed by atoms with Crippen molar-refractivity contribution in [1.29, 1.82) is 0 Å². The average Bonchev–Trinajstić information content (AvgIpc) is 2.59. The zero-order valence-electron chi connectivity index (χ0n) is 16.7. The quantitative estimate of drug-likeness (QED) is 0.727. The number of carbonyl (C=O) groups excluding carboxylic acids is 1. The van der Waals surface area contributed by atoms with Crippen molar-refractivity contribution in [2.75, 3.05) is 38.2 Å². The minimum absolute atomic E-state index is 0.0864. The van der Waals surface area contributed by atoms with E-state index in [0.29, 0.717) is 19.7 Å². The van der Waals surface area contributed by atoms with Gasteiger partial charge in [0.25, 0.3) is 0 Å². The lowest BCUT2D eigenvalue weighted by Gasteiger charge is -2.40. The van der Waals surface area contributed by atoms with Crippen molar-refractivity contribution in [3.05, 3.63) is 29.3 Å². The lowest BCUT2D eigenvalue weighted by molar-refractivity contribution is -0.151. The van der Waals surface area contributed by atoms with Crippen molar-refractivity contribution < 1.29 is 9.53 Å². The summed E-state index contributed by atoms with van der Waals surface area (Å²) in [6.45, 7) is 10.8.